The van der Waals surface area contributed by atoms with Gasteiger partial charge in [0.25, 0.3) is 0 Å². The summed E-state index contributed by atoms with van der Waals surface area (Å²) in [5.41, 5.74) is 1.07. The van der Waals surface area contributed by atoms with E-state index in [4.69, 9.17) is 5.11 Å². The van der Waals surface area contributed by atoms with Gasteiger partial charge in [0, 0.05) is 22.0 Å². The van der Waals surface area contributed by atoms with Gasteiger partial charge < -0.3 is 10.0 Å². The molecule has 0 atom stereocenters. The van der Waals surface area contributed by atoms with Gasteiger partial charge in [0.2, 0.25) is 0 Å². The van der Waals surface area contributed by atoms with Crippen LogP contribution in [0.4, 0.5) is 5.69 Å². The number of para-hydroxylation sites is 1. The summed E-state index contributed by atoms with van der Waals surface area (Å²) in [7, 11) is 0. The zero-order valence-corrected chi connectivity index (χ0v) is 12.4. The first-order chi connectivity index (χ1) is 9.69. The lowest BCUT2D eigenvalue weighted by Gasteiger charge is -2.23. The number of rotatable bonds is 7. The zero-order valence-electron chi connectivity index (χ0n) is 11.6. The van der Waals surface area contributed by atoms with E-state index in [1.807, 2.05) is 30.3 Å². The van der Waals surface area contributed by atoms with Crippen molar-refractivity contribution < 1.29 is 9.90 Å². The molecule has 1 heterocycles. The number of nitrogens with zero attached hydrogens (tertiary/aromatic N) is 1. The minimum absolute atomic E-state index is 0.154. The van der Waals surface area contributed by atoms with Gasteiger partial charge in [-0.15, -0.1) is 11.3 Å². The van der Waals surface area contributed by atoms with Crippen LogP contribution in [0.5, 0.6) is 0 Å². The Morgan fingerprint density at radius 1 is 1.15 bits per heavy atom. The number of aryl methyl sites for hydroxylation is 1. The number of carboxylic acids is 1. The first kappa shape index (κ1) is 14.6. The Labute approximate surface area is 123 Å². The number of benzene rings is 1. The van der Waals surface area contributed by atoms with Gasteiger partial charge in [-0.2, -0.15) is 0 Å². The van der Waals surface area contributed by atoms with E-state index in [9.17, 15) is 4.79 Å². The number of thiophene rings is 1. The van der Waals surface area contributed by atoms with E-state index in [0.717, 1.165) is 18.7 Å². The second-order valence-corrected chi connectivity index (χ2v) is 5.88. The van der Waals surface area contributed by atoms with E-state index in [0.29, 0.717) is 6.54 Å². The van der Waals surface area contributed by atoms with Gasteiger partial charge in [0.15, 0.2) is 0 Å². The second-order valence-electron chi connectivity index (χ2n) is 4.62. The average molecular weight is 289 g/mol. The molecule has 1 aromatic carbocycles. The van der Waals surface area contributed by atoms with Crippen molar-refractivity contribution in [3.63, 3.8) is 0 Å². The maximum absolute atomic E-state index is 10.8. The highest BCUT2D eigenvalue weighted by Gasteiger charge is 2.10. The molecule has 1 N–H and O–H groups in total. The quantitative estimate of drug-likeness (QED) is 0.843. The lowest BCUT2D eigenvalue weighted by Crippen LogP contribution is -2.25. The Morgan fingerprint density at radius 2 is 1.85 bits per heavy atom. The summed E-state index contributed by atoms with van der Waals surface area (Å²) in [4.78, 5) is 15.6. The van der Waals surface area contributed by atoms with E-state index in [2.05, 4.69) is 24.0 Å². The molecule has 20 heavy (non-hydrogen) atoms. The van der Waals surface area contributed by atoms with Gasteiger partial charge in [0.1, 0.15) is 0 Å². The van der Waals surface area contributed by atoms with Crippen LogP contribution in [0.1, 0.15) is 23.1 Å². The smallest absolute Gasteiger partial charge is 0.305 e. The van der Waals surface area contributed by atoms with Crippen molar-refractivity contribution in [1.29, 1.82) is 0 Å². The summed E-state index contributed by atoms with van der Waals surface area (Å²) >= 11 is 1.80. The Kier molecular flexibility index (Phi) is 5.18. The topological polar surface area (TPSA) is 40.5 Å². The van der Waals surface area contributed by atoms with E-state index < -0.39 is 5.97 Å². The van der Waals surface area contributed by atoms with Crippen LogP contribution in [-0.4, -0.2) is 17.6 Å². The molecule has 2 aromatic rings. The number of hydrogen-bond acceptors (Lipinski definition) is 3. The van der Waals surface area contributed by atoms with Crippen LogP contribution < -0.4 is 4.90 Å². The summed E-state index contributed by atoms with van der Waals surface area (Å²) in [6.07, 6.45) is 1.20. The Balaban J connectivity index is 2.11. The fourth-order valence-electron chi connectivity index (χ4n) is 2.05. The Hall–Kier alpha value is -1.81. The zero-order chi connectivity index (χ0) is 14.4. The lowest BCUT2D eigenvalue weighted by atomic mass is 10.2. The summed E-state index contributed by atoms with van der Waals surface area (Å²) in [5.74, 6) is -0.758. The van der Waals surface area contributed by atoms with Gasteiger partial charge in [-0.25, -0.2) is 0 Å². The van der Waals surface area contributed by atoms with Crippen molar-refractivity contribution in [2.75, 3.05) is 11.4 Å². The molecule has 2 rings (SSSR count). The van der Waals surface area contributed by atoms with E-state index in [1.54, 1.807) is 11.3 Å². The van der Waals surface area contributed by atoms with Crippen LogP contribution in [0.15, 0.2) is 42.5 Å². The molecule has 0 fully saturated rings. The predicted molar refractivity (Wildman–Crippen MR) is 83.4 cm³/mol. The van der Waals surface area contributed by atoms with Gasteiger partial charge in [0.05, 0.1) is 13.0 Å². The molecule has 0 aliphatic heterocycles. The first-order valence-corrected chi connectivity index (χ1v) is 7.60. The van der Waals surface area contributed by atoms with Crippen molar-refractivity contribution in [2.45, 2.75) is 26.3 Å². The molecular formula is C16H19NO2S. The molecule has 3 nitrogen and oxygen atoms in total. The van der Waals surface area contributed by atoms with E-state index in [-0.39, 0.29) is 6.42 Å². The van der Waals surface area contributed by atoms with Crippen LogP contribution in [-0.2, 0) is 17.8 Å². The number of anilines is 1. The molecule has 106 valence electrons. The fraction of sp³-hybridized carbons (Fsp3) is 0.312. The average Bonchev–Trinajstić information content (AvgIpc) is 2.92. The number of carbonyl (C=O) groups is 1. The summed E-state index contributed by atoms with van der Waals surface area (Å²) < 4.78 is 0. The molecule has 0 radical (unpaired) electrons. The largest absolute Gasteiger partial charge is 0.481 e. The van der Waals surface area contributed by atoms with Gasteiger partial charge >= 0.3 is 5.97 Å². The van der Waals surface area contributed by atoms with Gasteiger partial charge in [-0.1, -0.05) is 25.1 Å². The molecule has 0 spiro atoms. The summed E-state index contributed by atoms with van der Waals surface area (Å²) in [6.45, 7) is 3.44. The molecule has 0 aliphatic carbocycles. The van der Waals surface area contributed by atoms with Crippen LogP contribution in [0.2, 0.25) is 0 Å². The molecule has 0 aliphatic rings. The SMILES string of the molecule is CCc1ccc(CN(CCC(=O)O)c2ccccc2)s1. The minimum atomic E-state index is -0.758. The Morgan fingerprint density at radius 3 is 2.45 bits per heavy atom. The van der Waals surface area contributed by atoms with E-state index >= 15 is 0 Å². The highest BCUT2D eigenvalue weighted by Crippen LogP contribution is 2.22. The summed E-state index contributed by atoms with van der Waals surface area (Å²) in [5, 5.41) is 8.89. The van der Waals surface area contributed by atoms with E-state index in [1.165, 1.54) is 9.75 Å². The number of hydrogen-bond donors (Lipinski definition) is 1. The molecule has 1 aromatic heterocycles. The molecular weight excluding hydrogens is 270 g/mol. The van der Waals surface area contributed by atoms with Crippen molar-refractivity contribution in [3.05, 3.63) is 52.2 Å². The third kappa shape index (κ3) is 4.10. The standard InChI is InChI=1S/C16H19NO2S/c1-2-14-8-9-15(20-14)12-17(11-10-16(18)19)13-6-4-3-5-7-13/h3-9H,2,10-12H2,1H3,(H,18,19). The van der Waals surface area contributed by atoms with Crippen LogP contribution in [0.25, 0.3) is 0 Å². The lowest BCUT2D eigenvalue weighted by molar-refractivity contribution is -0.136. The normalized spacial score (nSPS) is 10.4. The molecule has 0 saturated heterocycles. The molecule has 0 saturated carbocycles. The molecule has 0 unspecified atom stereocenters. The van der Waals surface area contributed by atoms with Crippen molar-refractivity contribution in [3.8, 4) is 0 Å². The highest BCUT2D eigenvalue weighted by molar-refractivity contribution is 7.12. The van der Waals surface area contributed by atoms with Gasteiger partial charge in [-0.3, -0.25) is 4.79 Å². The fourth-order valence-corrected chi connectivity index (χ4v) is 3.03. The molecule has 4 heteroatoms. The maximum Gasteiger partial charge on any atom is 0.305 e. The third-order valence-corrected chi connectivity index (χ3v) is 4.34. The summed E-state index contributed by atoms with van der Waals surface area (Å²) in [6, 6.07) is 14.3. The van der Waals surface area contributed by atoms with Gasteiger partial charge in [-0.05, 0) is 30.7 Å². The molecule has 0 amide bonds. The highest BCUT2D eigenvalue weighted by atomic mass is 32.1. The first-order valence-electron chi connectivity index (χ1n) is 6.78. The molecule has 0 bridgehead atoms. The minimum Gasteiger partial charge on any atom is -0.481 e. The number of carboxylic acid groups (broad SMARTS) is 1. The van der Waals surface area contributed by atoms with Crippen LogP contribution in [0.3, 0.4) is 0 Å². The Bertz CT molecular complexity index is 551. The van der Waals surface area contributed by atoms with Crippen molar-refractivity contribution in [2.24, 2.45) is 0 Å². The predicted octanol–water partition coefficient (Wildman–Crippen LogP) is 3.79. The monoisotopic (exact) mass is 289 g/mol. The third-order valence-electron chi connectivity index (χ3n) is 3.13. The van der Waals surface area contributed by atoms with Crippen molar-refractivity contribution >= 4 is 23.0 Å². The maximum atomic E-state index is 10.8. The van der Waals surface area contributed by atoms with Crippen molar-refractivity contribution in [1.82, 2.24) is 0 Å². The second kappa shape index (κ2) is 7.10. The van der Waals surface area contributed by atoms with Crippen LogP contribution >= 0.6 is 11.3 Å². The number of aliphatic carboxylic acids is 1. The van der Waals surface area contributed by atoms with Crippen LogP contribution in [0, 0.1) is 0 Å².